The molecule has 0 amide bonds. The zero-order chi connectivity index (χ0) is 5.58. The van der Waals surface area contributed by atoms with E-state index >= 15 is 0 Å². The van der Waals surface area contributed by atoms with Gasteiger partial charge in [-0.2, -0.15) is 6.92 Å². The molecule has 0 radical (unpaired) electrons. The number of aliphatic carboxylic acids is 1. The molecule has 3 heteroatoms. The first-order valence-electron chi connectivity index (χ1n) is 1.63. The summed E-state index contributed by atoms with van der Waals surface area (Å²) in [6.07, 6.45) is 0. The molecule has 0 aromatic heterocycles. The van der Waals surface area contributed by atoms with Gasteiger partial charge in [-0.1, -0.05) is 0 Å². The van der Waals surface area contributed by atoms with Gasteiger partial charge in [-0.05, 0) is 0 Å². The van der Waals surface area contributed by atoms with Gasteiger partial charge in [-0.3, -0.25) is 4.79 Å². The number of rotatable bonds is 0. The van der Waals surface area contributed by atoms with Crippen molar-refractivity contribution in [3.05, 3.63) is 6.92 Å². The Morgan fingerprint density at radius 1 is 1.57 bits per heavy atom. The molecule has 0 aliphatic heterocycles. The average Bonchev–Trinajstić information content (AvgIpc) is 1.41. The first-order chi connectivity index (χ1) is 2.73. The fraction of sp³-hybridized carbons (Fsp3) is 0.500. The summed E-state index contributed by atoms with van der Waals surface area (Å²) in [6, 6.07) is 0. The maximum atomic E-state index is 9.00. The van der Waals surface area contributed by atoms with E-state index in [1.807, 2.05) is 0 Å². The fourth-order valence-corrected chi connectivity index (χ4v) is 0. The van der Waals surface area contributed by atoms with E-state index in [9.17, 15) is 0 Å². The molecule has 0 aromatic carbocycles. The third kappa shape index (κ3) is 861000. The minimum Gasteiger partial charge on any atom is -0.481 e. The average molecular weight is 153 g/mol. The molecule has 0 unspecified atom stereocenters. The Bertz CT molecular complexity index is 32.7. The van der Waals surface area contributed by atoms with Crippen molar-refractivity contribution in [2.75, 3.05) is 0 Å². The predicted molar refractivity (Wildman–Crippen MR) is 24.3 cm³/mol. The van der Waals surface area contributed by atoms with Crippen LogP contribution in [0.5, 0.6) is 0 Å². The molecule has 0 saturated heterocycles. The molecule has 0 fully saturated rings. The molecule has 0 aliphatic carbocycles. The molecule has 0 atom stereocenters. The molecule has 0 aromatic rings. The van der Waals surface area contributed by atoms with Crippen LogP contribution in [0.2, 0.25) is 0 Å². The monoisotopic (exact) mass is 152 g/mol. The quantitative estimate of drug-likeness (QED) is 0.414. The smallest absolute Gasteiger partial charge is 0.481 e. The Kier molecular flexibility index (Phi) is 37.5. The van der Waals surface area contributed by atoms with Gasteiger partial charge in [0.2, 0.25) is 0 Å². The van der Waals surface area contributed by atoms with E-state index in [1.54, 1.807) is 6.92 Å². The molecule has 0 spiro atoms. The van der Waals surface area contributed by atoms with E-state index in [0.29, 0.717) is 0 Å². The van der Waals surface area contributed by atoms with Gasteiger partial charge in [0.25, 0.3) is 5.97 Å². The van der Waals surface area contributed by atoms with E-state index in [1.165, 1.54) is 0 Å². The van der Waals surface area contributed by atoms with Gasteiger partial charge in [0.1, 0.15) is 0 Å². The van der Waals surface area contributed by atoms with Gasteiger partial charge < -0.3 is 12.0 Å². The van der Waals surface area contributed by atoms with E-state index in [2.05, 4.69) is 6.92 Å². The summed E-state index contributed by atoms with van der Waals surface area (Å²) in [7, 11) is 0. The Morgan fingerprint density at radius 3 is 1.57 bits per heavy atom. The third-order valence-electron chi connectivity index (χ3n) is 0. The molecule has 7 heavy (non-hydrogen) atoms. The van der Waals surface area contributed by atoms with Crippen LogP contribution in [0.25, 0.3) is 0 Å². The summed E-state index contributed by atoms with van der Waals surface area (Å²) >= 11 is 0. The summed E-state index contributed by atoms with van der Waals surface area (Å²) in [5, 5.41) is 7.42. The maximum absolute atomic E-state index is 9.00. The molecule has 0 bridgehead atoms. The van der Waals surface area contributed by atoms with Gasteiger partial charge in [-0.15, -0.1) is 0 Å². The van der Waals surface area contributed by atoms with Crippen LogP contribution in [0, 0.1) is 6.92 Å². The van der Waals surface area contributed by atoms with Crippen LogP contribution in [-0.4, -0.2) is 11.1 Å². The molecular formula is C4H9CuO2. The predicted octanol–water partition coefficient (Wildman–Crippen LogP) is 0.929. The van der Waals surface area contributed by atoms with Gasteiger partial charge in [-0.25, -0.2) is 0 Å². The summed E-state index contributed by atoms with van der Waals surface area (Å²) in [5.41, 5.74) is 0. The second-order valence-corrected chi connectivity index (χ2v) is 0.519. The van der Waals surface area contributed by atoms with Crippen molar-refractivity contribution < 1.29 is 27.0 Å². The van der Waals surface area contributed by atoms with Crippen molar-refractivity contribution in [3.63, 3.8) is 0 Å². The number of hydrogen-bond acceptors (Lipinski definition) is 1. The summed E-state index contributed by atoms with van der Waals surface area (Å²) in [5.74, 6) is -0.833. The van der Waals surface area contributed by atoms with E-state index < -0.39 is 5.97 Å². The molecule has 0 saturated carbocycles. The minimum absolute atomic E-state index is 0. The van der Waals surface area contributed by atoms with Gasteiger partial charge in [0, 0.05) is 6.92 Å². The van der Waals surface area contributed by atoms with Crippen molar-refractivity contribution in [1.29, 1.82) is 0 Å². The maximum Gasteiger partial charge on any atom is 1.00 e. The zero-order valence-corrected chi connectivity index (χ0v) is 5.31. The number of hydrogen-bond donors (Lipinski definition) is 1. The molecule has 0 aliphatic rings. The van der Waals surface area contributed by atoms with E-state index in [-0.39, 0.29) is 17.1 Å². The molecular weight excluding hydrogens is 144 g/mol. The Morgan fingerprint density at radius 2 is 1.57 bits per heavy atom. The minimum atomic E-state index is -0.833. The number of carboxylic acids is 1. The second-order valence-electron chi connectivity index (χ2n) is 0.519. The van der Waals surface area contributed by atoms with Crippen molar-refractivity contribution >= 4 is 5.97 Å². The van der Waals surface area contributed by atoms with Crippen molar-refractivity contribution in [3.8, 4) is 0 Å². The first-order valence-corrected chi connectivity index (χ1v) is 1.63. The molecule has 0 heterocycles. The zero-order valence-electron chi connectivity index (χ0n) is 4.36. The SMILES string of the molecule is CC(=O)O.[CH2-]C.[Cu+]. The van der Waals surface area contributed by atoms with Crippen molar-refractivity contribution in [2.45, 2.75) is 13.8 Å². The van der Waals surface area contributed by atoms with Crippen LogP contribution < -0.4 is 0 Å². The first kappa shape index (κ1) is 15.8. The van der Waals surface area contributed by atoms with Crippen LogP contribution in [-0.2, 0) is 21.9 Å². The van der Waals surface area contributed by atoms with Crippen LogP contribution in [0.1, 0.15) is 13.8 Å². The molecule has 1 N–H and O–H groups in total. The van der Waals surface area contributed by atoms with Gasteiger partial charge >= 0.3 is 17.1 Å². The molecule has 0 rings (SSSR count). The van der Waals surface area contributed by atoms with Crippen LogP contribution >= 0.6 is 0 Å². The second kappa shape index (κ2) is 16.7. The Hall–Kier alpha value is -0.0105. The normalized spacial score (nSPS) is 4.43. The van der Waals surface area contributed by atoms with E-state index in [0.717, 1.165) is 6.92 Å². The Balaban J connectivity index is -0.0000000480. The third-order valence-corrected chi connectivity index (χ3v) is 0. The fourth-order valence-electron chi connectivity index (χ4n) is 0. The van der Waals surface area contributed by atoms with E-state index in [4.69, 9.17) is 9.90 Å². The van der Waals surface area contributed by atoms with Crippen molar-refractivity contribution in [2.24, 2.45) is 0 Å². The molecule has 2 nitrogen and oxygen atoms in total. The van der Waals surface area contributed by atoms with Gasteiger partial charge in [0.15, 0.2) is 0 Å². The van der Waals surface area contributed by atoms with Crippen molar-refractivity contribution in [1.82, 2.24) is 0 Å². The van der Waals surface area contributed by atoms with Gasteiger partial charge in [0.05, 0.1) is 0 Å². The largest absolute Gasteiger partial charge is 1.00 e. The number of carbonyl (C=O) groups is 1. The van der Waals surface area contributed by atoms with Crippen LogP contribution in [0.15, 0.2) is 0 Å². The Labute approximate surface area is 54.4 Å². The summed E-state index contributed by atoms with van der Waals surface area (Å²) in [6.45, 7) is 6.08. The molecule has 48 valence electrons. The summed E-state index contributed by atoms with van der Waals surface area (Å²) < 4.78 is 0. The summed E-state index contributed by atoms with van der Waals surface area (Å²) in [4.78, 5) is 9.00. The number of carboxylic acid groups (broad SMARTS) is 1. The van der Waals surface area contributed by atoms with Crippen LogP contribution in [0.3, 0.4) is 0 Å². The topological polar surface area (TPSA) is 37.3 Å². The standard InChI is InChI=1S/C2H4O2.C2H5.Cu/c1-2(3)4;1-2;/h1H3,(H,3,4);1H2,2H3;/q;-1;+1. The van der Waals surface area contributed by atoms with Crippen LogP contribution in [0.4, 0.5) is 0 Å².